The lowest BCUT2D eigenvalue weighted by atomic mass is 9.92. The maximum Gasteiger partial charge on any atom is 0.301 e. The molecule has 6 nitrogen and oxygen atoms in total. The number of hydrogen-bond acceptors (Lipinski definition) is 7. The smallest absolute Gasteiger partial charge is 0.301 e. The molecule has 2 heterocycles. The highest BCUT2D eigenvalue weighted by molar-refractivity contribution is 8.00. The maximum atomic E-state index is 13.5. The standard InChI is InChI=1S/C31H28FN3O3S2/c1-17(2)21-9-11-22(12-10-21)26-25(27(36)24-15-18(3)5-6-19(24)4)28(37)29(38)35(26)30-33-34-31(40-30)39-16-20-7-13-23(32)14-8-20/h5-15,17,26,36H,16H2,1-4H3. The number of carbonyl (C=O) groups excluding carboxylic acids is 2. The number of halogens is 1. The highest BCUT2D eigenvalue weighted by Gasteiger charge is 2.48. The first-order valence-corrected chi connectivity index (χ1v) is 14.6. The fourth-order valence-electron chi connectivity index (χ4n) is 4.63. The van der Waals surface area contributed by atoms with Gasteiger partial charge in [0.2, 0.25) is 5.13 Å². The molecule has 1 unspecified atom stereocenters. The number of Topliss-reactive ketones (excluding diaryl/α,β-unsaturated/α-hetero) is 1. The van der Waals surface area contributed by atoms with Crippen molar-refractivity contribution in [3.05, 3.63) is 112 Å². The average Bonchev–Trinajstić information content (AvgIpc) is 3.51. The third-order valence-electron chi connectivity index (χ3n) is 6.89. The molecule has 1 fully saturated rings. The second kappa shape index (κ2) is 11.3. The van der Waals surface area contributed by atoms with Gasteiger partial charge in [0.25, 0.3) is 5.78 Å². The second-order valence-corrected chi connectivity index (χ2v) is 12.3. The largest absolute Gasteiger partial charge is 0.507 e. The van der Waals surface area contributed by atoms with Gasteiger partial charge < -0.3 is 5.11 Å². The third-order valence-corrected chi connectivity index (χ3v) is 9.02. The van der Waals surface area contributed by atoms with Crippen molar-refractivity contribution in [3.8, 4) is 0 Å². The SMILES string of the molecule is Cc1ccc(C)c(C(O)=C2C(=O)C(=O)N(c3nnc(SCc4ccc(F)cc4)s3)C2c2ccc(C(C)C)cc2)c1. The zero-order valence-electron chi connectivity index (χ0n) is 22.5. The summed E-state index contributed by atoms with van der Waals surface area (Å²) < 4.78 is 13.9. The molecule has 1 aliphatic heterocycles. The molecule has 5 rings (SSSR count). The van der Waals surface area contributed by atoms with Crippen LogP contribution in [0.15, 0.2) is 76.6 Å². The molecule has 4 aromatic rings. The Morgan fingerprint density at radius 1 is 1.02 bits per heavy atom. The highest BCUT2D eigenvalue weighted by Crippen LogP contribution is 2.44. The Morgan fingerprint density at radius 2 is 1.73 bits per heavy atom. The number of aromatic nitrogens is 2. The number of rotatable bonds is 7. The number of aryl methyl sites for hydroxylation is 2. The average molecular weight is 574 g/mol. The molecule has 3 aromatic carbocycles. The molecule has 0 aliphatic carbocycles. The zero-order valence-corrected chi connectivity index (χ0v) is 24.1. The first-order valence-electron chi connectivity index (χ1n) is 12.8. The van der Waals surface area contributed by atoms with E-state index in [0.717, 1.165) is 22.3 Å². The molecule has 0 bridgehead atoms. The normalized spacial score (nSPS) is 16.8. The lowest BCUT2D eigenvalue weighted by Gasteiger charge is -2.23. The van der Waals surface area contributed by atoms with Gasteiger partial charge in [-0.15, -0.1) is 10.2 Å². The molecule has 40 heavy (non-hydrogen) atoms. The number of hydrogen-bond donors (Lipinski definition) is 1. The molecule has 1 amide bonds. The van der Waals surface area contributed by atoms with Crippen molar-refractivity contribution in [2.24, 2.45) is 0 Å². The Morgan fingerprint density at radius 3 is 2.40 bits per heavy atom. The van der Waals surface area contributed by atoms with Crippen LogP contribution < -0.4 is 4.90 Å². The van der Waals surface area contributed by atoms with Gasteiger partial charge in [0.05, 0.1) is 11.6 Å². The molecule has 0 spiro atoms. The summed E-state index contributed by atoms with van der Waals surface area (Å²) >= 11 is 2.60. The van der Waals surface area contributed by atoms with E-state index in [2.05, 4.69) is 24.0 Å². The van der Waals surface area contributed by atoms with Crippen molar-refractivity contribution < 1.29 is 19.1 Å². The predicted molar refractivity (Wildman–Crippen MR) is 157 cm³/mol. The number of aliphatic hydroxyl groups excluding tert-OH is 1. The first-order chi connectivity index (χ1) is 19.1. The van der Waals surface area contributed by atoms with Crippen LogP contribution in [0.1, 0.15) is 59.2 Å². The van der Waals surface area contributed by atoms with Gasteiger partial charge in [0.15, 0.2) is 4.34 Å². The molecule has 1 atom stereocenters. The van der Waals surface area contributed by atoms with Crippen LogP contribution in [-0.4, -0.2) is 27.0 Å². The zero-order chi connectivity index (χ0) is 28.6. The van der Waals surface area contributed by atoms with Crippen molar-refractivity contribution in [1.82, 2.24) is 10.2 Å². The maximum absolute atomic E-state index is 13.5. The van der Waals surface area contributed by atoms with Gasteiger partial charge in [-0.2, -0.15) is 0 Å². The number of benzene rings is 3. The number of thioether (sulfide) groups is 1. The third kappa shape index (κ3) is 5.44. The summed E-state index contributed by atoms with van der Waals surface area (Å²) in [6, 6.07) is 18.7. The van der Waals surface area contributed by atoms with E-state index in [1.54, 1.807) is 12.1 Å². The molecule has 1 aliphatic rings. The van der Waals surface area contributed by atoms with E-state index < -0.39 is 17.7 Å². The Balaban J connectivity index is 1.56. The minimum absolute atomic E-state index is 0.0201. The van der Waals surface area contributed by atoms with Crippen molar-refractivity contribution in [3.63, 3.8) is 0 Å². The molecule has 9 heteroatoms. The van der Waals surface area contributed by atoms with Crippen LogP contribution in [0.5, 0.6) is 0 Å². The molecular weight excluding hydrogens is 545 g/mol. The molecule has 0 saturated carbocycles. The Kier molecular flexibility index (Phi) is 7.87. The summed E-state index contributed by atoms with van der Waals surface area (Å²) in [6.07, 6.45) is 0. The lowest BCUT2D eigenvalue weighted by molar-refractivity contribution is -0.132. The van der Waals surface area contributed by atoms with Gasteiger partial charge in [-0.25, -0.2) is 4.39 Å². The van der Waals surface area contributed by atoms with E-state index in [1.807, 2.05) is 56.3 Å². The van der Waals surface area contributed by atoms with Gasteiger partial charge >= 0.3 is 5.91 Å². The van der Waals surface area contributed by atoms with E-state index in [-0.39, 0.29) is 22.3 Å². The summed E-state index contributed by atoms with van der Waals surface area (Å²) in [7, 11) is 0. The van der Waals surface area contributed by atoms with Crippen molar-refractivity contribution in [1.29, 1.82) is 0 Å². The molecule has 204 valence electrons. The summed E-state index contributed by atoms with van der Waals surface area (Å²) in [6.45, 7) is 7.94. The van der Waals surface area contributed by atoms with Crippen LogP contribution in [-0.2, 0) is 15.3 Å². The number of amides is 1. The quantitative estimate of drug-likeness (QED) is 0.0819. The van der Waals surface area contributed by atoms with Gasteiger partial charge in [-0.3, -0.25) is 14.5 Å². The highest BCUT2D eigenvalue weighted by atomic mass is 32.2. The van der Waals surface area contributed by atoms with Crippen LogP contribution >= 0.6 is 23.1 Å². The number of carbonyl (C=O) groups is 2. The van der Waals surface area contributed by atoms with Crippen LogP contribution in [0.25, 0.3) is 5.76 Å². The van der Waals surface area contributed by atoms with Crippen molar-refractivity contribution in [2.75, 3.05) is 4.90 Å². The lowest BCUT2D eigenvalue weighted by Crippen LogP contribution is -2.29. The van der Waals surface area contributed by atoms with E-state index in [1.165, 1.54) is 40.1 Å². The minimum Gasteiger partial charge on any atom is -0.507 e. The Hall–Kier alpha value is -3.82. The van der Waals surface area contributed by atoms with Gasteiger partial charge in [0.1, 0.15) is 11.6 Å². The van der Waals surface area contributed by atoms with Crippen LogP contribution in [0.4, 0.5) is 9.52 Å². The van der Waals surface area contributed by atoms with Crippen LogP contribution in [0, 0.1) is 19.7 Å². The van der Waals surface area contributed by atoms with E-state index in [9.17, 15) is 19.1 Å². The number of anilines is 1. The second-order valence-electron chi connectivity index (χ2n) is 10.1. The summed E-state index contributed by atoms with van der Waals surface area (Å²) in [5.74, 6) is -1.21. The monoisotopic (exact) mass is 573 g/mol. The molecular formula is C31H28FN3O3S2. The number of nitrogens with zero attached hydrogens (tertiary/aromatic N) is 3. The summed E-state index contributed by atoms with van der Waals surface area (Å²) in [5.41, 5.74) is 4.96. The van der Waals surface area contributed by atoms with Gasteiger partial charge in [-0.05, 0) is 60.2 Å². The van der Waals surface area contributed by atoms with E-state index >= 15 is 0 Å². The fourth-order valence-corrected chi connectivity index (χ4v) is 6.45. The number of aliphatic hydroxyl groups is 1. The Bertz CT molecular complexity index is 1610. The fraction of sp³-hybridized carbons (Fsp3) is 0.226. The van der Waals surface area contributed by atoms with Crippen LogP contribution in [0.2, 0.25) is 0 Å². The van der Waals surface area contributed by atoms with Crippen molar-refractivity contribution >= 4 is 45.7 Å². The molecule has 0 radical (unpaired) electrons. The summed E-state index contributed by atoms with van der Waals surface area (Å²) in [4.78, 5) is 28.4. The van der Waals surface area contributed by atoms with E-state index in [0.29, 0.717) is 27.1 Å². The Labute approximate surface area is 240 Å². The molecule has 1 saturated heterocycles. The summed E-state index contributed by atoms with van der Waals surface area (Å²) in [5, 5.41) is 20.3. The van der Waals surface area contributed by atoms with Crippen molar-refractivity contribution in [2.45, 2.75) is 49.7 Å². The van der Waals surface area contributed by atoms with Gasteiger partial charge in [0, 0.05) is 11.3 Å². The van der Waals surface area contributed by atoms with E-state index in [4.69, 9.17) is 0 Å². The van der Waals surface area contributed by atoms with Gasteiger partial charge in [-0.1, -0.05) is 91.0 Å². The van der Waals surface area contributed by atoms with Crippen LogP contribution in [0.3, 0.4) is 0 Å². The first kappa shape index (κ1) is 27.7. The molecule has 1 N–H and O–H groups in total. The minimum atomic E-state index is -0.871. The predicted octanol–water partition coefficient (Wildman–Crippen LogP) is 7.34. The topological polar surface area (TPSA) is 83.4 Å². The number of ketones is 1. The molecule has 1 aromatic heterocycles.